The first kappa shape index (κ1) is 83.8. The standard InChI is InChI=1S/C67H43N5.C66H42N6/c1-5-18-44(19-6-1)61-43-62(45-20-7-2-8-21-45)70-67(69-61)50-23-17-22-48(38-50)55-42-60(49-34-37-66-58(41-49)54-29-14-16-31-64(54)72(66)52-26-11-4-12-27-52)68-59-35-32-46(39-56(55)59)47-33-36-65-57(40-47)53-28-13-15-30-63(53)71(65)51-24-9-3-10-25-51;1-5-17-44(18-6-1)64-68-65(45-19-7-2-8-20-45)70-66(69-64)46-31-29-43(30-32-46)54-42-59(49-35-38-63-57(41-49)53-26-14-16-28-61(53)72(63)51-23-11-4-12-24-51)67-58-36-33-47(39-55(54)58)48-34-37-62-56(40-48)52-25-13-15-27-60(52)71(62)50-21-9-3-10-22-50/h1-43H;1-42H. The van der Waals surface area contributed by atoms with Crippen LogP contribution in [0.2, 0.25) is 0 Å². The van der Waals surface area contributed by atoms with Gasteiger partial charge in [0.05, 0.1) is 77.9 Å². The second-order valence-corrected chi connectivity index (χ2v) is 36.6. The average Bonchev–Trinajstić information content (AvgIpc) is 1.55. The van der Waals surface area contributed by atoms with Gasteiger partial charge in [-0.15, -0.1) is 0 Å². The first-order valence-electron chi connectivity index (χ1n) is 48.7. The summed E-state index contributed by atoms with van der Waals surface area (Å²) < 4.78 is 9.44. The highest BCUT2D eigenvalue weighted by Crippen LogP contribution is 2.46. The molecule has 0 aliphatic carbocycles. The highest BCUT2D eigenvalue weighted by molar-refractivity contribution is 6.15. The summed E-state index contributed by atoms with van der Waals surface area (Å²) >= 11 is 0. The van der Waals surface area contributed by atoms with Crippen LogP contribution in [-0.4, -0.2) is 53.2 Å². The molecule has 28 aromatic rings. The molecule has 0 amide bonds. The molecule has 0 aliphatic heterocycles. The molecule has 0 unspecified atom stereocenters. The van der Waals surface area contributed by atoms with Gasteiger partial charge >= 0.3 is 0 Å². The van der Waals surface area contributed by atoms with Crippen molar-refractivity contribution in [2.24, 2.45) is 0 Å². The van der Waals surface area contributed by atoms with Gasteiger partial charge in [0, 0.05) is 121 Å². The maximum absolute atomic E-state index is 5.48. The molecule has 0 fully saturated rings. The predicted octanol–water partition coefficient (Wildman–Crippen LogP) is 33.8. The molecule has 11 nitrogen and oxygen atoms in total. The lowest BCUT2D eigenvalue weighted by Gasteiger charge is -2.14. The van der Waals surface area contributed by atoms with Crippen molar-refractivity contribution in [1.29, 1.82) is 0 Å². The van der Waals surface area contributed by atoms with E-state index in [2.05, 4.69) is 461 Å². The molecule has 0 aliphatic rings. The first-order chi connectivity index (χ1) is 71.4. The summed E-state index contributed by atoms with van der Waals surface area (Å²) in [4.78, 5) is 36.4. The third-order valence-corrected chi connectivity index (χ3v) is 28.1. The van der Waals surface area contributed by atoms with Crippen LogP contribution >= 0.6 is 0 Å². The Kier molecular flexibility index (Phi) is 20.7. The molecule has 144 heavy (non-hydrogen) atoms. The Balaban J connectivity index is 0.000000143. The Hall–Kier alpha value is -19.5. The third-order valence-electron chi connectivity index (χ3n) is 28.1. The molecule has 0 spiro atoms. The Morgan fingerprint density at radius 3 is 0.708 bits per heavy atom. The smallest absolute Gasteiger partial charge is 0.164 e. The molecule has 0 atom stereocenters. The molecular weight excluding hydrogens is 1750 g/mol. The lowest BCUT2D eigenvalue weighted by molar-refractivity contribution is 1.07. The van der Waals surface area contributed by atoms with E-state index in [0.717, 1.165) is 167 Å². The third kappa shape index (κ3) is 15.1. The molecule has 8 heterocycles. The van der Waals surface area contributed by atoms with Crippen LogP contribution in [0.3, 0.4) is 0 Å². The van der Waals surface area contributed by atoms with Crippen molar-refractivity contribution in [1.82, 2.24) is 53.2 Å². The van der Waals surface area contributed by atoms with E-state index < -0.39 is 0 Å². The van der Waals surface area contributed by atoms with Crippen LogP contribution in [0.4, 0.5) is 0 Å². The Morgan fingerprint density at radius 1 is 0.118 bits per heavy atom. The molecule has 8 aromatic heterocycles. The van der Waals surface area contributed by atoms with Gasteiger partial charge in [-0.05, 0) is 214 Å². The van der Waals surface area contributed by atoms with Gasteiger partial charge in [0.25, 0.3) is 0 Å². The van der Waals surface area contributed by atoms with Crippen LogP contribution in [0, 0.1) is 0 Å². The fourth-order valence-electron chi connectivity index (χ4n) is 21.2. The molecule has 0 saturated heterocycles. The number of fused-ring (bicyclic) bond motifs is 14. The lowest BCUT2D eigenvalue weighted by Crippen LogP contribution is -2.00. The molecule has 672 valence electrons. The van der Waals surface area contributed by atoms with E-state index in [1.807, 2.05) is 72.8 Å². The topological polar surface area (TPSA) is 110 Å². The number of hydrogen-bond acceptors (Lipinski definition) is 7. The van der Waals surface area contributed by atoms with Gasteiger partial charge in [0.2, 0.25) is 0 Å². The molecule has 0 N–H and O–H groups in total. The van der Waals surface area contributed by atoms with E-state index in [9.17, 15) is 0 Å². The number of pyridine rings is 2. The summed E-state index contributed by atoms with van der Waals surface area (Å²) in [5, 5.41) is 11.8. The predicted molar refractivity (Wildman–Crippen MR) is 595 cm³/mol. The zero-order valence-corrected chi connectivity index (χ0v) is 78.0. The van der Waals surface area contributed by atoms with Gasteiger partial charge in [-0.2, -0.15) is 0 Å². The van der Waals surface area contributed by atoms with Crippen LogP contribution in [0.25, 0.3) is 267 Å². The quantitative estimate of drug-likeness (QED) is 0.0947. The van der Waals surface area contributed by atoms with Gasteiger partial charge in [-0.25, -0.2) is 34.9 Å². The minimum Gasteiger partial charge on any atom is -0.309 e. The normalized spacial score (nSPS) is 11.6. The van der Waals surface area contributed by atoms with Crippen molar-refractivity contribution in [3.8, 4) is 158 Å². The van der Waals surface area contributed by atoms with E-state index in [0.29, 0.717) is 23.3 Å². The van der Waals surface area contributed by atoms with Crippen LogP contribution in [0.15, 0.2) is 516 Å². The van der Waals surface area contributed by atoms with Crippen molar-refractivity contribution in [2.75, 3.05) is 0 Å². The average molecular weight is 1840 g/mol. The Bertz CT molecular complexity index is 9740. The highest BCUT2D eigenvalue weighted by atomic mass is 15.0. The fraction of sp³-hybridized carbons (Fsp3) is 0. The number of para-hydroxylation sites is 8. The van der Waals surface area contributed by atoms with Gasteiger partial charge in [0.1, 0.15) is 0 Å². The molecule has 28 rings (SSSR count). The monoisotopic (exact) mass is 1840 g/mol. The van der Waals surface area contributed by atoms with E-state index in [1.54, 1.807) is 0 Å². The lowest BCUT2D eigenvalue weighted by atomic mass is 9.94. The van der Waals surface area contributed by atoms with Crippen LogP contribution in [-0.2, 0) is 0 Å². The largest absolute Gasteiger partial charge is 0.309 e. The Morgan fingerprint density at radius 2 is 0.354 bits per heavy atom. The van der Waals surface area contributed by atoms with E-state index >= 15 is 0 Å². The summed E-state index contributed by atoms with van der Waals surface area (Å²) in [5.74, 6) is 2.54. The van der Waals surface area contributed by atoms with Crippen molar-refractivity contribution < 1.29 is 0 Å². The minimum absolute atomic E-state index is 0.615. The molecule has 0 radical (unpaired) electrons. The van der Waals surface area contributed by atoms with Crippen LogP contribution in [0.5, 0.6) is 0 Å². The van der Waals surface area contributed by atoms with Crippen molar-refractivity contribution in [3.05, 3.63) is 516 Å². The molecule has 0 saturated carbocycles. The van der Waals surface area contributed by atoms with E-state index in [-0.39, 0.29) is 0 Å². The first-order valence-corrected chi connectivity index (χ1v) is 48.7. The van der Waals surface area contributed by atoms with Gasteiger partial charge in [0.15, 0.2) is 23.3 Å². The fourth-order valence-corrected chi connectivity index (χ4v) is 21.2. The second-order valence-electron chi connectivity index (χ2n) is 36.6. The van der Waals surface area contributed by atoms with Crippen molar-refractivity contribution in [3.63, 3.8) is 0 Å². The summed E-state index contributed by atoms with van der Waals surface area (Å²) in [6, 6.07) is 183. The summed E-state index contributed by atoms with van der Waals surface area (Å²) in [6.45, 7) is 0. The highest BCUT2D eigenvalue weighted by Gasteiger charge is 2.25. The molecule has 11 heteroatoms. The zero-order chi connectivity index (χ0) is 95.1. The zero-order valence-electron chi connectivity index (χ0n) is 78.0. The summed E-state index contributed by atoms with van der Waals surface area (Å²) in [6.07, 6.45) is 0. The van der Waals surface area contributed by atoms with Crippen molar-refractivity contribution in [2.45, 2.75) is 0 Å². The summed E-state index contributed by atoms with van der Waals surface area (Å²) in [5.41, 5.74) is 36.0. The van der Waals surface area contributed by atoms with Gasteiger partial charge < -0.3 is 18.3 Å². The maximum atomic E-state index is 5.48. The van der Waals surface area contributed by atoms with Crippen LogP contribution < -0.4 is 0 Å². The number of rotatable bonds is 16. The Labute approximate surface area is 829 Å². The van der Waals surface area contributed by atoms with E-state index in [4.69, 9.17) is 34.9 Å². The maximum Gasteiger partial charge on any atom is 0.164 e. The number of nitrogens with zero attached hydrogens (tertiary/aromatic N) is 11. The number of hydrogen-bond donors (Lipinski definition) is 0. The SMILES string of the molecule is c1ccc(-c2cc(-c3ccccc3)nc(-c3cccc(-c4cc(-c5ccc6c(c5)c5ccccc5n6-c5ccccc5)nc5ccc(-c6ccc7c(c6)c6ccccc6n7-c6ccccc6)cc45)c3)n2)cc1.c1ccc(-c2nc(-c3ccccc3)nc(-c3ccc(-c4cc(-c5ccc6c(c5)c5ccccc5n6-c5ccccc5)nc5ccc(-c6ccc7c(c6)c6ccccc6n7-c6ccccc6)cc45)cc3)n2)cc1. The molecular formula is C133H85N11. The van der Waals surface area contributed by atoms with Crippen molar-refractivity contribution >= 4 is 109 Å². The summed E-state index contributed by atoms with van der Waals surface area (Å²) in [7, 11) is 0. The van der Waals surface area contributed by atoms with E-state index in [1.165, 1.54) is 76.2 Å². The second kappa shape index (κ2) is 35.5. The molecule has 0 bridgehead atoms. The van der Waals surface area contributed by atoms with Gasteiger partial charge in [-0.3, -0.25) is 0 Å². The minimum atomic E-state index is 0.615. The number of benzene rings is 20. The number of aromatic nitrogens is 11. The molecule has 20 aromatic carbocycles. The van der Waals surface area contributed by atoms with Crippen LogP contribution in [0.1, 0.15) is 0 Å². The van der Waals surface area contributed by atoms with Gasteiger partial charge in [-0.1, -0.05) is 346 Å².